The zero-order valence-corrected chi connectivity index (χ0v) is 13.8. The summed E-state index contributed by atoms with van der Waals surface area (Å²) in [5.41, 5.74) is 1.28. The molecule has 1 unspecified atom stereocenters. The number of imide groups is 1. The second-order valence-corrected chi connectivity index (χ2v) is 6.22. The summed E-state index contributed by atoms with van der Waals surface area (Å²) in [5.74, 6) is -0.492. The van der Waals surface area contributed by atoms with Crippen LogP contribution in [-0.4, -0.2) is 17.9 Å². The summed E-state index contributed by atoms with van der Waals surface area (Å²) < 4.78 is 0.708. The average Bonchev–Trinajstić information content (AvgIpc) is 2.74. The molecule has 6 heteroatoms. The predicted octanol–water partition coefficient (Wildman–Crippen LogP) is 3.85. The minimum atomic E-state index is -0.585. The first-order valence-corrected chi connectivity index (χ1v) is 7.87. The number of halogens is 2. The minimum absolute atomic E-state index is 0.118. The van der Waals surface area contributed by atoms with Crippen molar-refractivity contribution in [2.75, 3.05) is 10.2 Å². The highest BCUT2D eigenvalue weighted by Gasteiger charge is 2.40. The van der Waals surface area contributed by atoms with Gasteiger partial charge in [-0.3, -0.25) is 9.59 Å². The molecule has 1 heterocycles. The molecule has 0 spiro atoms. The maximum Gasteiger partial charge on any atom is 0.256 e. The third kappa shape index (κ3) is 2.87. The maximum absolute atomic E-state index is 12.5. The van der Waals surface area contributed by atoms with Crippen LogP contribution in [0.1, 0.15) is 6.42 Å². The van der Waals surface area contributed by atoms with Gasteiger partial charge in [0.05, 0.1) is 12.1 Å². The average molecular weight is 380 g/mol. The van der Waals surface area contributed by atoms with Gasteiger partial charge in [0.25, 0.3) is 5.91 Å². The molecule has 112 valence electrons. The Balaban J connectivity index is 1.84. The Morgan fingerprint density at radius 2 is 1.91 bits per heavy atom. The van der Waals surface area contributed by atoms with Crippen LogP contribution in [0.25, 0.3) is 0 Å². The van der Waals surface area contributed by atoms with Crippen molar-refractivity contribution in [2.45, 2.75) is 12.5 Å². The van der Waals surface area contributed by atoms with Crippen LogP contribution >= 0.6 is 27.5 Å². The third-order valence-electron chi connectivity index (χ3n) is 3.41. The van der Waals surface area contributed by atoms with Crippen molar-refractivity contribution in [2.24, 2.45) is 0 Å². The van der Waals surface area contributed by atoms with Gasteiger partial charge < -0.3 is 5.32 Å². The van der Waals surface area contributed by atoms with Crippen molar-refractivity contribution in [3.05, 3.63) is 58.0 Å². The molecule has 2 aromatic carbocycles. The van der Waals surface area contributed by atoms with Crippen LogP contribution in [0.3, 0.4) is 0 Å². The number of hydrogen-bond donors (Lipinski definition) is 1. The smallest absolute Gasteiger partial charge is 0.256 e. The lowest BCUT2D eigenvalue weighted by molar-refractivity contribution is -0.121. The Labute approximate surface area is 141 Å². The van der Waals surface area contributed by atoms with Crippen LogP contribution in [0, 0.1) is 0 Å². The predicted molar refractivity (Wildman–Crippen MR) is 90.1 cm³/mol. The fraction of sp³-hybridized carbons (Fsp3) is 0.125. The quantitative estimate of drug-likeness (QED) is 0.824. The van der Waals surface area contributed by atoms with E-state index < -0.39 is 6.04 Å². The first-order valence-electron chi connectivity index (χ1n) is 6.69. The second-order valence-electron chi connectivity index (χ2n) is 4.93. The van der Waals surface area contributed by atoms with Crippen LogP contribution in [0.4, 0.5) is 11.4 Å². The molecule has 0 bridgehead atoms. The standard InChI is InChI=1S/C16H12BrClN2O2/c17-12-6-1-2-7-14(12)20-15(21)9-13(16(20)22)19-11-5-3-4-10(18)8-11/h1-8,13,19H,9H2. The van der Waals surface area contributed by atoms with Gasteiger partial charge >= 0.3 is 0 Å². The number of rotatable bonds is 3. The summed E-state index contributed by atoms with van der Waals surface area (Å²) in [6, 6.07) is 13.6. The van der Waals surface area contributed by atoms with Gasteiger partial charge in [0.2, 0.25) is 5.91 Å². The number of benzene rings is 2. The Hall–Kier alpha value is -1.85. The van der Waals surface area contributed by atoms with E-state index in [0.717, 1.165) is 0 Å². The van der Waals surface area contributed by atoms with E-state index in [9.17, 15) is 9.59 Å². The summed E-state index contributed by atoms with van der Waals surface area (Å²) in [7, 11) is 0. The van der Waals surface area contributed by atoms with Gasteiger partial charge in [-0.15, -0.1) is 0 Å². The fourth-order valence-corrected chi connectivity index (χ4v) is 3.06. The molecule has 1 fully saturated rings. The van der Waals surface area contributed by atoms with E-state index in [0.29, 0.717) is 20.9 Å². The molecule has 1 atom stereocenters. The number of amides is 2. The second kappa shape index (κ2) is 6.10. The van der Waals surface area contributed by atoms with Gasteiger partial charge in [0.1, 0.15) is 6.04 Å². The summed E-state index contributed by atoms with van der Waals surface area (Å²) in [5, 5.41) is 3.64. The molecule has 3 rings (SSSR count). The van der Waals surface area contributed by atoms with Crippen LogP contribution in [-0.2, 0) is 9.59 Å². The van der Waals surface area contributed by atoms with E-state index in [1.165, 1.54) is 4.90 Å². The van der Waals surface area contributed by atoms with E-state index in [1.54, 1.807) is 36.4 Å². The van der Waals surface area contributed by atoms with Gasteiger partial charge in [0, 0.05) is 15.2 Å². The monoisotopic (exact) mass is 378 g/mol. The molecule has 1 aliphatic rings. The Morgan fingerprint density at radius 3 is 2.64 bits per heavy atom. The van der Waals surface area contributed by atoms with Gasteiger partial charge in [-0.1, -0.05) is 29.8 Å². The molecule has 4 nitrogen and oxygen atoms in total. The molecule has 0 aromatic heterocycles. The Bertz CT molecular complexity index is 750. The van der Waals surface area contributed by atoms with Gasteiger partial charge in [-0.25, -0.2) is 4.90 Å². The van der Waals surface area contributed by atoms with Gasteiger partial charge in [-0.2, -0.15) is 0 Å². The number of para-hydroxylation sites is 1. The first kappa shape index (κ1) is 15.1. The van der Waals surface area contributed by atoms with Crippen molar-refractivity contribution in [3.63, 3.8) is 0 Å². The molecule has 0 saturated carbocycles. The molecular formula is C16H12BrClN2O2. The van der Waals surface area contributed by atoms with Gasteiger partial charge in [-0.05, 0) is 46.3 Å². The summed E-state index contributed by atoms with van der Waals surface area (Å²) in [6.07, 6.45) is 0.118. The highest BCUT2D eigenvalue weighted by atomic mass is 79.9. The molecule has 1 aliphatic heterocycles. The molecule has 1 saturated heterocycles. The molecule has 22 heavy (non-hydrogen) atoms. The molecule has 2 amide bonds. The van der Waals surface area contributed by atoms with Crippen LogP contribution in [0.2, 0.25) is 5.02 Å². The first-order chi connectivity index (χ1) is 10.6. The zero-order chi connectivity index (χ0) is 15.7. The van der Waals surface area contributed by atoms with E-state index in [1.807, 2.05) is 12.1 Å². The molecule has 1 N–H and O–H groups in total. The topological polar surface area (TPSA) is 49.4 Å². The fourth-order valence-electron chi connectivity index (χ4n) is 2.41. The van der Waals surface area contributed by atoms with Crippen molar-refractivity contribution < 1.29 is 9.59 Å². The number of carbonyl (C=O) groups is 2. The van der Waals surface area contributed by atoms with Crippen molar-refractivity contribution in [1.82, 2.24) is 0 Å². The van der Waals surface area contributed by atoms with Crippen LogP contribution in [0.15, 0.2) is 53.0 Å². The highest BCUT2D eigenvalue weighted by Crippen LogP contribution is 2.31. The number of carbonyl (C=O) groups excluding carboxylic acids is 2. The summed E-state index contributed by atoms with van der Waals surface area (Å²) in [4.78, 5) is 26.0. The van der Waals surface area contributed by atoms with Crippen LogP contribution in [0.5, 0.6) is 0 Å². The summed E-state index contributed by atoms with van der Waals surface area (Å²) >= 11 is 9.31. The van der Waals surface area contributed by atoms with E-state index >= 15 is 0 Å². The number of hydrogen-bond acceptors (Lipinski definition) is 3. The maximum atomic E-state index is 12.5. The number of nitrogens with one attached hydrogen (secondary N) is 1. The summed E-state index contributed by atoms with van der Waals surface area (Å²) in [6.45, 7) is 0. The SMILES string of the molecule is O=C1CC(Nc2cccc(Cl)c2)C(=O)N1c1ccccc1Br. The zero-order valence-electron chi connectivity index (χ0n) is 11.4. The lowest BCUT2D eigenvalue weighted by Crippen LogP contribution is -2.35. The third-order valence-corrected chi connectivity index (χ3v) is 4.31. The van der Waals surface area contributed by atoms with E-state index in [2.05, 4.69) is 21.2 Å². The highest BCUT2D eigenvalue weighted by molar-refractivity contribution is 9.10. The molecular weight excluding hydrogens is 368 g/mol. The molecule has 0 aliphatic carbocycles. The van der Waals surface area contributed by atoms with E-state index in [4.69, 9.17) is 11.6 Å². The van der Waals surface area contributed by atoms with Crippen LogP contribution < -0.4 is 10.2 Å². The van der Waals surface area contributed by atoms with Gasteiger partial charge in [0.15, 0.2) is 0 Å². The van der Waals surface area contributed by atoms with Crippen molar-refractivity contribution in [1.29, 1.82) is 0 Å². The van der Waals surface area contributed by atoms with Crippen molar-refractivity contribution >= 4 is 50.7 Å². The normalized spacial score (nSPS) is 17.9. The lowest BCUT2D eigenvalue weighted by Gasteiger charge is -2.17. The Kier molecular flexibility index (Phi) is 4.18. The number of nitrogens with zero attached hydrogens (tertiary/aromatic N) is 1. The lowest BCUT2D eigenvalue weighted by atomic mass is 10.2. The van der Waals surface area contributed by atoms with E-state index in [-0.39, 0.29) is 18.2 Å². The Morgan fingerprint density at radius 1 is 1.14 bits per heavy atom. The van der Waals surface area contributed by atoms with Crippen molar-refractivity contribution in [3.8, 4) is 0 Å². The molecule has 2 aromatic rings. The number of anilines is 2. The minimum Gasteiger partial charge on any atom is -0.373 e. The largest absolute Gasteiger partial charge is 0.373 e. The molecule has 0 radical (unpaired) electrons.